The summed E-state index contributed by atoms with van der Waals surface area (Å²) in [6.07, 6.45) is 1.89. The summed E-state index contributed by atoms with van der Waals surface area (Å²) in [5.74, 6) is -0.935. The van der Waals surface area contributed by atoms with E-state index in [2.05, 4.69) is 10.0 Å². The Morgan fingerprint density at radius 2 is 1.83 bits per heavy atom. The Morgan fingerprint density at radius 3 is 2.53 bits per heavy atom. The van der Waals surface area contributed by atoms with Crippen LogP contribution < -0.4 is 10.0 Å². The van der Waals surface area contributed by atoms with Crippen LogP contribution in [0.3, 0.4) is 0 Å². The molecule has 10 heteroatoms. The number of likely N-dealkylation sites (tertiary alicyclic amines) is 1. The quantitative estimate of drug-likeness (QED) is 0.522. The molecule has 0 spiro atoms. The Balaban J connectivity index is 1.52. The van der Waals surface area contributed by atoms with E-state index in [4.69, 9.17) is 4.74 Å². The van der Waals surface area contributed by atoms with Gasteiger partial charge in [0.15, 0.2) is 0 Å². The van der Waals surface area contributed by atoms with Gasteiger partial charge in [-0.2, -0.15) is 4.72 Å². The lowest BCUT2D eigenvalue weighted by molar-refractivity contribution is -0.151. The van der Waals surface area contributed by atoms with Crippen LogP contribution in [0, 0.1) is 5.92 Å². The van der Waals surface area contributed by atoms with E-state index in [1.54, 1.807) is 24.0 Å². The van der Waals surface area contributed by atoms with Gasteiger partial charge >= 0.3 is 5.97 Å². The molecule has 2 aromatic carbocycles. The minimum Gasteiger partial charge on any atom is -0.466 e. The molecule has 1 saturated heterocycles. The van der Waals surface area contributed by atoms with Gasteiger partial charge in [-0.25, -0.2) is 8.42 Å². The van der Waals surface area contributed by atoms with Gasteiger partial charge in [-0.1, -0.05) is 30.3 Å². The summed E-state index contributed by atoms with van der Waals surface area (Å²) < 4.78 is 34.4. The van der Waals surface area contributed by atoms with Gasteiger partial charge in [-0.05, 0) is 61.9 Å². The molecule has 2 aromatic rings. The van der Waals surface area contributed by atoms with Crippen LogP contribution in [-0.2, 0) is 42.0 Å². The van der Waals surface area contributed by atoms with Crippen LogP contribution in [0.1, 0.15) is 37.3 Å². The topological polar surface area (TPSA) is 122 Å². The maximum absolute atomic E-state index is 13.5. The normalized spacial score (nSPS) is 17.1. The zero-order valence-corrected chi connectivity index (χ0v) is 21.1. The lowest BCUT2D eigenvalue weighted by Gasteiger charge is -2.33. The summed E-state index contributed by atoms with van der Waals surface area (Å²) in [4.78, 5) is 38.9. The van der Waals surface area contributed by atoms with E-state index < -0.39 is 16.1 Å². The minimum absolute atomic E-state index is 0.0456. The number of nitrogens with zero attached hydrogens (tertiary/aromatic N) is 1. The molecule has 192 valence electrons. The summed E-state index contributed by atoms with van der Waals surface area (Å²) in [5.41, 5.74) is 2.17. The van der Waals surface area contributed by atoms with Crippen molar-refractivity contribution in [2.75, 3.05) is 25.0 Å². The van der Waals surface area contributed by atoms with E-state index in [1.807, 2.05) is 30.3 Å². The number of nitrogens with one attached hydrogen (secondary N) is 2. The molecule has 2 N–H and O–H groups in total. The number of carbonyl (C=O) groups excluding carboxylic acids is 3. The Bertz CT molecular complexity index is 1220. The number of amides is 2. The average molecular weight is 514 g/mol. The number of hydrogen-bond acceptors (Lipinski definition) is 6. The van der Waals surface area contributed by atoms with Crippen LogP contribution in [0.4, 0.5) is 5.69 Å². The SMILES string of the molecule is CCOC(=O)C1CCN(C(=O)C(Cc2ccccc2)NS(=O)(=O)c2ccc3c(c2)CCC(=O)N3)CC1. The van der Waals surface area contributed by atoms with E-state index in [1.165, 1.54) is 6.07 Å². The molecule has 0 aliphatic carbocycles. The first-order valence-corrected chi connectivity index (χ1v) is 13.7. The number of aryl methyl sites for hydroxylation is 1. The largest absolute Gasteiger partial charge is 0.466 e. The summed E-state index contributed by atoms with van der Waals surface area (Å²) >= 11 is 0. The second-order valence-corrected chi connectivity index (χ2v) is 10.8. The number of piperidine rings is 1. The van der Waals surface area contributed by atoms with E-state index in [9.17, 15) is 22.8 Å². The lowest BCUT2D eigenvalue weighted by Crippen LogP contribution is -2.52. The third-order valence-electron chi connectivity index (χ3n) is 6.59. The average Bonchev–Trinajstić information content (AvgIpc) is 2.88. The number of sulfonamides is 1. The molecule has 2 aliphatic rings. The highest BCUT2D eigenvalue weighted by atomic mass is 32.2. The fourth-order valence-electron chi connectivity index (χ4n) is 4.63. The number of carbonyl (C=O) groups is 3. The molecule has 9 nitrogen and oxygen atoms in total. The summed E-state index contributed by atoms with van der Waals surface area (Å²) in [7, 11) is -4.03. The highest BCUT2D eigenvalue weighted by Gasteiger charge is 2.34. The van der Waals surface area contributed by atoms with Crippen molar-refractivity contribution in [1.82, 2.24) is 9.62 Å². The number of esters is 1. The van der Waals surface area contributed by atoms with Gasteiger partial charge in [0.1, 0.15) is 6.04 Å². The van der Waals surface area contributed by atoms with Crippen LogP contribution in [0.25, 0.3) is 0 Å². The maximum Gasteiger partial charge on any atom is 0.309 e. The van der Waals surface area contributed by atoms with Crippen molar-refractivity contribution in [3.63, 3.8) is 0 Å². The van der Waals surface area contributed by atoms with Crippen LogP contribution in [0.15, 0.2) is 53.4 Å². The van der Waals surface area contributed by atoms with Crippen molar-refractivity contribution < 1.29 is 27.5 Å². The Morgan fingerprint density at radius 1 is 1.11 bits per heavy atom. The molecule has 2 heterocycles. The van der Waals surface area contributed by atoms with Gasteiger partial charge in [0, 0.05) is 25.2 Å². The fourth-order valence-corrected chi connectivity index (χ4v) is 5.87. The first-order valence-electron chi connectivity index (χ1n) is 12.2. The van der Waals surface area contributed by atoms with E-state index in [0.717, 1.165) is 11.1 Å². The standard InChI is InChI=1S/C26H31N3O6S/c1-2-35-26(32)19-12-14-29(15-13-19)25(31)23(16-18-6-4-3-5-7-18)28-36(33,34)21-9-10-22-20(17-21)8-11-24(30)27-22/h3-7,9-10,17,19,23,28H,2,8,11-16H2,1H3,(H,27,30). The Labute approximate surface area is 211 Å². The molecule has 0 aromatic heterocycles. The van der Waals surface area contributed by atoms with Crippen LogP contribution >= 0.6 is 0 Å². The second-order valence-electron chi connectivity index (χ2n) is 9.08. The predicted molar refractivity (Wildman–Crippen MR) is 134 cm³/mol. The molecular weight excluding hydrogens is 482 g/mol. The number of anilines is 1. The molecule has 0 bridgehead atoms. The van der Waals surface area contributed by atoms with Gasteiger partial charge in [-0.15, -0.1) is 0 Å². The Hall–Kier alpha value is -3.24. The zero-order valence-electron chi connectivity index (χ0n) is 20.2. The first kappa shape index (κ1) is 25.8. The third kappa shape index (κ3) is 6.11. The summed E-state index contributed by atoms with van der Waals surface area (Å²) in [5, 5.41) is 2.74. The smallest absolute Gasteiger partial charge is 0.309 e. The third-order valence-corrected chi connectivity index (χ3v) is 8.06. The molecule has 0 saturated carbocycles. The lowest BCUT2D eigenvalue weighted by atomic mass is 9.96. The number of ether oxygens (including phenoxy) is 1. The second kappa shape index (κ2) is 11.2. The maximum atomic E-state index is 13.5. The molecular formula is C26H31N3O6S. The van der Waals surface area contributed by atoms with E-state index in [0.29, 0.717) is 51.1 Å². The van der Waals surface area contributed by atoms with Crippen molar-refractivity contribution in [2.24, 2.45) is 5.92 Å². The van der Waals surface area contributed by atoms with Crippen molar-refractivity contribution in [3.05, 3.63) is 59.7 Å². The summed E-state index contributed by atoms with van der Waals surface area (Å²) in [6.45, 7) is 2.78. The van der Waals surface area contributed by atoms with Crippen molar-refractivity contribution in [1.29, 1.82) is 0 Å². The summed E-state index contributed by atoms with van der Waals surface area (Å²) in [6, 6.07) is 12.8. The Kier molecular flexibility index (Phi) is 8.05. The predicted octanol–water partition coefficient (Wildman–Crippen LogP) is 2.26. The van der Waals surface area contributed by atoms with Crippen LogP contribution in [-0.4, -0.2) is 56.8 Å². The molecule has 2 amide bonds. The van der Waals surface area contributed by atoms with Gasteiger partial charge in [0.05, 0.1) is 17.4 Å². The van der Waals surface area contributed by atoms with Gasteiger partial charge < -0.3 is 15.0 Å². The highest BCUT2D eigenvalue weighted by Crippen LogP contribution is 2.26. The number of rotatable bonds is 8. The molecule has 1 fully saturated rings. The first-order chi connectivity index (χ1) is 17.3. The molecule has 36 heavy (non-hydrogen) atoms. The van der Waals surface area contributed by atoms with Crippen molar-refractivity contribution >= 4 is 33.5 Å². The molecule has 2 aliphatic heterocycles. The molecule has 4 rings (SSSR count). The molecule has 1 unspecified atom stereocenters. The monoisotopic (exact) mass is 513 g/mol. The fraction of sp³-hybridized carbons (Fsp3) is 0.423. The minimum atomic E-state index is -4.03. The van der Waals surface area contributed by atoms with Gasteiger partial charge in [0.2, 0.25) is 21.8 Å². The van der Waals surface area contributed by atoms with Crippen molar-refractivity contribution in [3.8, 4) is 0 Å². The van der Waals surface area contributed by atoms with Crippen molar-refractivity contribution in [2.45, 2.75) is 50.0 Å². The highest BCUT2D eigenvalue weighted by molar-refractivity contribution is 7.89. The number of benzene rings is 2. The van der Waals surface area contributed by atoms with Crippen LogP contribution in [0.2, 0.25) is 0 Å². The van der Waals surface area contributed by atoms with Gasteiger partial charge in [-0.3, -0.25) is 14.4 Å². The van der Waals surface area contributed by atoms with E-state index >= 15 is 0 Å². The number of hydrogen-bond donors (Lipinski definition) is 2. The zero-order chi connectivity index (χ0) is 25.7. The number of fused-ring (bicyclic) bond motifs is 1. The molecule has 1 atom stereocenters. The van der Waals surface area contributed by atoms with E-state index in [-0.39, 0.29) is 35.0 Å². The van der Waals surface area contributed by atoms with Crippen LogP contribution in [0.5, 0.6) is 0 Å². The molecule has 0 radical (unpaired) electrons. The van der Waals surface area contributed by atoms with Gasteiger partial charge in [0.25, 0.3) is 0 Å².